The van der Waals surface area contributed by atoms with Gasteiger partial charge in [-0.15, -0.1) is 0 Å². The van der Waals surface area contributed by atoms with Crippen LogP contribution in [-0.4, -0.2) is 10.2 Å². The third-order valence-electron chi connectivity index (χ3n) is 7.86. The minimum atomic E-state index is -0.398. The second-order valence-electron chi connectivity index (χ2n) is 8.90. The van der Waals surface area contributed by atoms with E-state index in [1.807, 2.05) is 0 Å². The van der Waals surface area contributed by atoms with Crippen LogP contribution in [0.2, 0.25) is 0 Å². The molecule has 1 aromatic carbocycles. The first-order valence-corrected chi connectivity index (χ1v) is 10.1. The maximum Gasteiger partial charge on any atom is 0.115 e. The van der Waals surface area contributed by atoms with Gasteiger partial charge >= 0.3 is 0 Å². The number of phenolic OH excluding ortho intramolecular Hbond substituents is 1. The molecule has 24 heavy (non-hydrogen) atoms. The summed E-state index contributed by atoms with van der Waals surface area (Å²) >= 11 is 0. The molecule has 0 aliphatic heterocycles. The number of hydrogen-bond donors (Lipinski definition) is 2. The molecule has 2 saturated carbocycles. The van der Waals surface area contributed by atoms with E-state index in [9.17, 15) is 10.2 Å². The Bertz CT molecular complexity index is 610. The van der Waals surface area contributed by atoms with Gasteiger partial charge in [-0.25, -0.2) is 0 Å². The van der Waals surface area contributed by atoms with Crippen LogP contribution >= 0.6 is 0 Å². The summed E-state index contributed by atoms with van der Waals surface area (Å²) in [7, 11) is 0. The highest BCUT2D eigenvalue weighted by molar-refractivity contribution is 5.41. The second kappa shape index (κ2) is 6.05. The van der Waals surface area contributed by atoms with Crippen molar-refractivity contribution in [2.45, 2.75) is 77.2 Å². The summed E-state index contributed by atoms with van der Waals surface area (Å²) in [6, 6.07) is 5.68. The molecule has 0 spiro atoms. The third kappa shape index (κ3) is 2.41. The van der Waals surface area contributed by atoms with E-state index in [2.05, 4.69) is 19.9 Å². The molecular formula is C22H32O2. The number of hydrogen-bond acceptors (Lipinski definition) is 2. The van der Waals surface area contributed by atoms with Crippen LogP contribution in [0.1, 0.15) is 88.4 Å². The molecule has 0 aromatic heterocycles. The van der Waals surface area contributed by atoms with E-state index >= 15 is 0 Å². The zero-order chi connectivity index (χ0) is 16.9. The molecule has 132 valence electrons. The van der Waals surface area contributed by atoms with Gasteiger partial charge in [0.25, 0.3) is 0 Å². The standard InChI is InChI=1S/C22H32O2/c1-3-4-5-14-6-9-20-18-13-21(24)19-12-15(23)7-8-16(19)17(18)10-11-22(14,20)2/h7-8,12,14,17-18,20-21,23-24H,3-6,9-11,13H2,1-2H3/t14-,17?,18?,20?,21+,22+/m0/s1. The van der Waals surface area contributed by atoms with E-state index in [0.29, 0.717) is 17.3 Å². The average molecular weight is 328 g/mol. The normalized spacial score (nSPS) is 40.7. The van der Waals surface area contributed by atoms with E-state index in [4.69, 9.17) is 0 Å². The Morgan fingerprint density at radius 3 is 2.79 bits per heavy atom. The van der Waals surface area contributed by atoms with Gasteiger partial charge in [0.05, 0.1) is 6.10 Å². The van der Waals surface area contributed by atoms with Crippen LogP contribution in [0.3, 0.4) is 0 Å². The van der Waals surface area contributed by atoms with Gasteiger partial charge in [0, 0.05) is 0 Å². The van der Waals surface area contributed by atoms with Crippen LogP contribution in [0, 0.1) is 23.2 Å². The molecular weight excluding hydrogens is 296 g/mol. The van der Waals surface area contributed by atoms with Crippen LogP contribution in [0.25, 0.3) is 0 Å². The Labute approximate surface area is 146 Å². The van der Waals surface area contributed by atoms with Gasteiger partial charge in [0.15, 0.2) is 0 Å². The van der Waals surface area contributed by atoms with Crippen LogP contribution in [-0.2, 0) is 0 Å². The number of aliphatic hydroxyl groups is 1. The maximum atomic E-state index is 10.7. The minimum absolute atomic E-state index is 0.285. The molecule has 0 bridgehead atoms. The first-order chi connectivity index (χ1) is 11.5. The number of fused-ring (bicyclic) bond motifs is 5. The second-order valence-corrected chi connectivity index (χ2v) is 8.90. The predicted octanol–water partition coefficient (Wildman–Crippen LogP) is 5.55. The van der Waals surface area contributed by atoms with Crippen molar-refractivity contribution < 1.29 is 10.2 Å². The Hall–Kier alpha value is -1.02. The molecule has 4 rings (SSSR count). The third-order valence-corrected chi connectivity index (χ3v) is 7.86. The summed E-state index contributed by atoms with van der Waals surface area (Å²) in [5, 5.41) is 20.5. The van der Waals surface area contributed by atoms with Crippen molar-refractivity contribution in [3.63, 3.8) is 0 Å². The highest BCUT2D eigenvalue weighted by Gasteiger charge is 2.55. The van der Waals surface area contributed by atoms with Crippen molar-refractivity contribution in [2.75, 3.05) is 0 Å². The molecule has 3 unspecified atom stereocenters. The summed E-state index contributed by atoms with van der Waals surface area (Å²) in [4.78, 5) is 0. The lowest BCUT2D eigenvalue weighted by Crippen LogP contribution is -2.43. The van der Waals surface area contributed by atoms with Crippen LogP contribution in [0.15, 0.2) is 18.2 Å². The number of aliphatic hydroxyl groups excluding tert-OH is 1. The van der Waals surface area contributed by atoms with E-state index in [-0.39, 0.29) is 5.75 Å². The fourth-order valence-electron chi connectivity index (χ4n) is 6.61. The Kier molecular flexibility index (Phi) is 4.15. The van der Waals surface area contributed by atoms with Crippen LogP contribution in [0.4, 0.5) is 0 Å². The zero-order valence-corrected chi connectivity index (χ0v) is 15.2. The van der Waals surface area contributed by atoms with Crippen molar-refractivity contribution in [2.24, 2.45) is 23.2 Å². The van der Waals surface area contributed by atoms with Crippen molar-refractivity contribution in [3.05, 3.63) is 29.3 Å². The molecule has 2 N–H and O–H groups in total. The summed E-state index contributed by atoms with van der Waals surface area (Å²) < 4.78 is 0. The van der Waals surface area contributed by atoms with E-state index in [1.165, 1.54) is 50.5 Å². The molecule has 0 saturated heterocycles. The van der Waals surface area contributed by atoms with E-state index < -0.39 is 6.10 Å². The van der Waals surface area contributed by atoms with Crippen molar-refractivity contribution in [1.82, 2.24) is 0 Å². The first-order valence-electron chi connectivity index (χ1n) is 10.1. The Morgan fingerprint density at radius 1 is 1.17 bits per heavy atom. The SMILES string of the molecule is CCCC[C@H]1CCC2C3C[C@@H](O)c4cc(O)ccc4C3CC[C@@]21C. The summed E-state index contributed by atoms with van der Waals surface area (Å²) in [5.74, 6) is 3.17. The van der Waals surface area contributed by atoms with Gasteiger partial charge in [-0.2, -0.15) is 0 Å². The Balaban J connectivity index is 1.63. The van der Waals surface area contributed by atoms with Crippen LogP contribution in [0.5, 0.6) is 5.75 Å². The molecule has 2 nitrogen and oxygen atoms in total. The molecule has 2 heteroatoms. The summed E-state index contributed by atoms with van der Waals surface area (Å²) in [5.41, 5.74) is 2.79. The van der Waals surface area contributed by atoms with Crippen molar-refractivity contribution in [3.8, 4) is 5.75 Å². The number of rotatable bonds is 3. The maximum absolute atomic E-state index is 10.7. The highest BCUT2D eigenvalue weighted by Crippen LogP contribution is 2.64. The molecule has 1 aromatic rings. The summed E-state index contributed by atoms with van der Waals surface area (Å²) in [6.45, 7) is 4.86. The first kappa shape index (κ1) is 16.4. The molecule has 0 amide bonds. The Morgan fingerprint density at radius 2 is 2.00 bits per heavy atom. The predicted molar refractivity (Wildman–Crippen MR) is 97.0 cm³/mol. The quantitative estimate of drug-likeness (QED) is 0.764. The van der Waals surface area contributed by atoms with Gasteiger partial charge in [-0.3, -0.25) is 0 Å². The van der Waals surface area contributed by atoms with Gasteiger partial charge < -0.3 is 10.2 Å². The zero-order valence-electron chi connectivity index (χ0n) is 15.2. The largest absolute Gasteiger partial charge is 0.508 e. The average Bonchev–Trinajstić information content (AvgIpc) is 2.90. The lowest BCUT2D eigenvalue weighted by Gasteiger charge is -2.52. The van der Waals surface area contributed by atoms with E-state index in [1.54, 1.807) is 12.1 Å². The number of unbranched alkanes of at least 4 members (excludes halogenated alkanes) is 1. The smallest absolute Gasteiger partial charge is 0.115 e. The lowest BCUT2D eigenvalue weighted by molar-refractivity contribution is -0.00359. The van der Waals surface area contributed by atoms with Gasteiger partial charge in [-0.05, 0) is 90.9 Å². The monoisotopic (exact) mass is 328 g/mol. The molecule has 0 heterocycles. The van der Waals surface area contributed by atoms with Crippen molar-refractivity contribution >= 4 is 0 Å². The molecule has 3 aliphatic carbocycles. The van der Waals surface area contributed by atoms with Crippen molar-refractivity contribution in [1.29, 1.82) is 0 Å². The molecule has 6 atom stereocenters. The minimum Gasteiger partial charge on any atom is -0.508 e. The fraction of sp³-hybridized carbons (Fsp3) is 0.727. The number of aromatic hydroxyl groups is 1. The number of benzene rings is 1. The molecule has 3 aliphatic rings. The number of phenols is 1. The molecule has 0 radical (unpaired) electrons. The fourth-order valence-corrected chi connectivity index (χ4v) is 6.61. The lowest BCUT2D eigenvalue weighted by atomic mass is 9.53. The summed E-state index contributed by atoms with van der Waals surface area (Å²) in [6.07, 6.45) is 9.90. The van der Waals surface area contributed by atoms with Crippen LogP contribution < -0.4 is 0 Å². The highest BCUT2D eigenvalue weighted by atomic mass is 16.3. The van der Waals surface area contributed by atoms with Gasteiger partial charge in [0.2, 0.25) is 0 Å². The topological polar surface area (TPSA) is 40.5 Å². The van der Waals surface area contributed by atoms with E-state index in [0.717, 1.165) is 23.8 Å². The van der Waals surface area contributed by atoms with Gasteiger partial charge in [0.1, 0.15) is 5.75 Å². The van der Waals surface area contributed by atoms with Gasteiger partial charge in [-0.1, -0.05) is 32.8 Å². The molecule has 2 fully saturated rings.